The zero-order valence-electron chi connectivity index (χ0n) is 14.3. The summed E-state index contributed by atoms with van der Waals surface area (Å²) < 4.78 is 0. The maximum atomic E-state index is 12.2. The number of benzene rings is 2. The highest BCUT2D eigenvalue weighted by Gasteiger charge is 2.08. The Kier molecular flexibility index (Phi) is 8.05. The SMILES string of the molecule is N=C(N)SCc1ccccc1CC(=O)NCCCCc1ccccc1. The molecular weight excluding hydrogens is 330 g/mol. The molecule has 1 amide bonds. The lowest BCUT2D eigenvalue weighted by Gasteiger charge is -2.10. The first-order valence-electron chi connectivity index (χ1n) is 8.49. The van der Waals surface area contributed by atoms with Gasteiger partial charge in [-0.1, -0.05) is 66.4 Å². The van der Waals surface area contributed by atoms with E-state index in [2.05, 4.69) is 29.6 Å². The van der Waals surface area contributed by atoms with Crippen molar-refractivity contribution in [2.75, 3.05) is 6.54 Å². The summed E-state index contributed by atoms with van der Waals surface area (Å²) >= 11 is 1.28. The summed E-state index contributed by atoms with van der Waals surface area (Å²) in [6, 6.07) is 18.2. The van der Waals surface area contributed by atoms with Gasteiger partial charge in [0.1, 0.15) is 0 Å². The summed E-state index contributed by atoms with van der Waals surface area (Å²) in [7, 11) is 0. The second-order valence-corrected chi connectivity index (χ2v) is 6.91. The van der Waals surface area contributed by atoms with Crippen molar-refractivity contribution in [1.82, 2.24) is 5.32 Å². The normalized spacial score (nSPS) is 10.4. The largest absolute Gasteiger partial charge is 0.379 e. The van der Waals surface area contributed by atoms with E-state index in [1.54, 1.807) is 0 Å². The van der Waals surface area contributed by atoms with Gasteiger partial charge in [0.15, 0.2) is 5.17 Å². The molecule has 25 heavy (non-hydrogen) atoms. The topological polar surface area (TPSA) is 79.0 Å². The number of nitrogens with one attached hydrogen (secondary N) is 2. The van der Waals surface area contributed by atoms with Gasteiger partial charge >= 0.3 is 0 Å². The van der Waals surface area contributed by atoms with Gasteiger partial charge in [-0.05, 0) is 36.0 Å². The van der Waals surface area contributed by atoms with E-state index < -0.39 is 0 Å². The molecule has 0 heterocycles. The second kappa shape index (κ2) is 10.6. The van der Waals surface area contributed by atoms with Crippen LogP contribution in [0.3, 0.4) is 0 Å². The fraction of sp³-hybridized carbons (Fsp3) is 0.300. The number of hydrogen-bond donors (Lipinski definition) is 3. The first-order chi connectivity index (χ1) is 12.1. The molecule has 132 valence electrons. The first-order valence-corrected chi connectivity index (χ1v) is 9.48. The molecule has 0 saturated carbocycles. The van der Waals surface area contributed by atoms with Gasteiger partial charge in [-0.3, -0.25) is 10.2 Å². The van der Waals surface area contributed by atoms with E-state index in [4.69, 9.17) is 11.1 Å². The molecule has 0 radical (unpaired) electrons. The molecule has 0 atom stereocenters. The maximum absolute atomic E-state index is 12.2. The highest BCUT2D eigenvalue weighted by Crippen LogP contribution is 2.16. The van der Waals surface area contributed by atoms with Crippen LogP contribution >= 0.6 is 11.8 Å². The van der Waals surface area contributed by atoms with Gasteiger partial charge in [-0.2, -0.15) is 0 Å². The van der Waals surface area contributed by atoms with Gasteiger partial charge in [0, 0.05) is 12.3 Å². The summed E-state index contributed by atoms with van der Waals surface area (Å²) in [6.07, 6.45) is 3.45. The molecule has 0 aromatic heterocycles. The Labute approximate surface area is 153 Å². The van der Waals surface area contributed by atoms with E-state index >= 15 is 0 Å². The highest BCUT2D eigenvalue weighted by molar-refractivity contribution is 8.13. The van der Waals surface area contributed by atoms with Crippen LogP contribution in [0.1, 0.15) is 29.5 Å². The van der Waals surface area contributed by atoms with E-state index in [0.717, 1.165) is 30.4 Å². The molecule has 0 aliphatic rings. The summed E-state index contributed by atoms with van der Waals surface area (Å²) in [5, 5.41) is 10.4. The number of hydrogen-bond acceptors (Lipinski definition) is 3. The van der Waals surface area contributed by atoms with E-state index in [9.17, 15) is 4.79 Å². The number of unbranched alkanes of at least 4 members (excludes halogenated alkanes) is 1. The Balaban J connectivity index is 1.70. The fourth-order valence-electron chi connectivity index (χ4n) is 2.59. The number of aryl methyl sites for hydroxylation is 1. The average Bonchev–Trinajstić information content (AvgIpc) is 2.61. The van der Waals surface area contributed by atoms with Crippen molar-refractivity contribution in [2.45, 2.75) is 31.4 Å². The Morgan fingerprint density at radius 1 is 1.00 bits per heavy atom. The molecule has 2 aromatic carbocycles. The minimum atomic E-state index is 0.0417. The number of carbonyl (C=O) groups excluding carboxylic acids is 1. The third-order valence-corrected chi connectivity index (χ3v) is 4.68. The number of thioether (sulfide) groups is 1. The number of carbonyl (C=O) groups is 1. The number of nitrogens with two attached hydrogens (primary N) is 1. The summed E-state index contributed by atoms with van der Waals surface area (Å²) in [6.45, 7) is 0.704. The Bertz CT molecular complexity index is 688. The van der Waals surface area contributed by atoms with Gasteiger partial charge in [-0.25, -0.2) is 0 Å². The minimum Gasteiger partial charge on any atom is -0.379 e. The van der Waals surface area contributed by atoms with Crippen LogP contribution in [0.5, 0.6) is 0 Å². The zero-order valence-corrected chi connectivity index (χ0v) is 15.1. The Morgan fingerprint density at radius 3 is 2.40 bits per heavy atom. The van der Waals surface area contributed by atoms with Gasteiger partial charge < -0.3 is 11.1 Å². The minimum absolute atomic E-state index is 0.0417. The van der Waals surface area contributed by atoms with Crippen LogP contribution in [-0.2, 0) is 23.4 Å². The quantitative estimate of drug-likeness (QED) is 0.366. The van der Waals surface area contributed by atoms with Crippen molar-refractivity contribution < 1.29 is 4.79 Å². The number of amides is 1. The predicted molar refractivity (Wildman–Crippen MR) is 106 cm³/mol. The van der Waals surface area contributed by atoms with E-state index in [0.29, 0.717) is 18.7 Å². The molecule has 0 aliphatic heterocycles. The van der Waals surface area contributed by atoms with Gasteiger partial charge in [-0.15, -0.1) is 0 Å². The van der Waals surface area contributed by atoms with Crippen LogP contribution in [0.25, 0.3) is 0 Å². The zero-order chi connectivity index (χ0) is 17.9. The summed E-state index contributed by atoms with van der Waals surface area (Å²) in [5.74, 6) is 0.663. The van der Waals surface area contributed by atoms with Gasteiger partial charge in [0.05, 0.1) is 6.42 Å². The van der Waals surface area contributed by atoms with Crippen LogP contribution in [-0.4, -0.2) is 17.6 Å². The number of rotatable bonds is 9. The molecule has 4 nitrogen and oxygen atoms in total. The van der Waals surface area contributed by atoms with Crippen LogP contribution < -0.4 is 11.1 Å². The molecule has 2 aromatic rings. The van der Waals surface area contributed by atoms with Crippen LogP contribution in [0, 0.1) is 5.41 Å². The van der Waals surface area contributed by atoms with Crippen LogP contribution in [0.4, 0.5) is 0 Å². The highest BCUT2D eigenvalue weighted by atomic mass is 32.2. The lowest BCUT2D eigenvalue weighted by molar-refractivity contribution is -0.120. The van der Waals surface area contributed by atoms with Crippen molar-refractivity contribution in [3.05, 3.63) is 71.3 Å². The van der Waals surface area contributed by atoms with Crippen LogP contribution in [0.2, 0.25) is 0 Å². The third kappa shape index (κ3) is 7.44. The van der Waals surface area contributed by atoms with Crippen molar-refractivity contribution >= 4 is 22.8 Å². The van der Waals surface area contributed by atoms with Crippen molar-refractivity contribution in [1.29, 1.82) is 5.41 Å². The van der Waals surface area contributed by atoms with E-state index in [-0.39, 0.29) is 11.1 Å². The maximum Gasteiger partial charge on any atom is 0.224 e. The average molecular weight is 356 g/mol. The monoisotopic (exact) mass is 355 g/mol. The smallest absolute Gasteiger partial charge is 0.224 e. The predicted octanol–water partition coefficient (Wildman–Crippen LogP) is 3.49. The summed E-state index contributed by atoms with van der Waals surface area (Å²) in [4.78, 5) is 12.2. The molecule has 0 bridgehead atoms. The molecule has 0 fully saturated rings. The summed E-state index contributed by atoms with van der Waals surface area (Å²) in [5.41, 5.74) is 8.79. The van der Waals surface area contributed by atoms with E-state index in [1.807, 2.05) is 30.3 Å². The molecule has 0 unspecified atom stereocenters. The standard InChI is InChI=1S/C20H25N3OS/c21-20(22)25-15-18-12-5-4-11-17(18)14-19(24)23-13-7-6-10-16-8-2-1-3-9-16/h1-5,8-9,11-12H,6-7,10,13-15H2,(H3,21,22)(H,23,24). The van der Waals surface area contributed by atoms with Gasteiger partial charge in [0.2, 0.25) is 5.91 Å². The molecule has 2 rings (SSSR count). The Morgan fingerprint density at radius 2 is 1.68 bits per heavy atom. The lowest BCUT2D eigenvalue weighted by atomic mass is 10.1. The first kappa shape index (κ1) is 19.1. The third-order valence-electron chi connectivity index (χ3n) is 3.91. The van der Waals surface area contributed by atoms with Crippen molar-refractivity contribution in [3.8, 4) is 0 Å². The molecule has 0 spiro atoms. The lowest BCUT2D eigenvalue weighted by Crippen LogP contribution is -2.26. The molecule has 5 heteroatoms. The molecule has 4 N–H and O–H groups in total. The fourth-order valence-corrected chi connectivity index (χ4v) is 3.18. The second-order valence-electron chi connectivity index (χ2n) is 5.89. The van der Waals surface area contributed by atoms with E-state index in [1.165, 1.54) is 17.3 Å². The molecule has 0 saturated heterocycles. The van der Waals surface area contributed by atoms with Crippen molar-refractivity contribution in [3.63, 3.8) is 0 Å². The van der Waals surface area contributed by atoms with Crippen LogP contribution in [0.15, 0.2) is 54.6 Å². The molecule has 0 aliphatic carbocycles. The van der Waals surface area contributed by atoms with Gasteiger partial charge in [0.25, 0.3) is 0 Å². The number of amidine groups is 1. The van der Waals surface area contributed by atoms with Crippen molar-refractivity contribution in [2.24, 2.45) is 5.73 Å². The Hall–Kier alpha value is -2.27. The molecular formula is C20H25N3OS.